The summed E-state index contributed by atoms with van der Waals surface area (Å²) in [6.45, 7) is 0. The molecule has 0 saturated carbocycles. The van der Waals surface area contributed by atoms with Crippen molar-refractivity contribution >= 4 is 41.1 Å². The van der Waals surface area contributed by atoms with E-state index < -0.39 is 5.97 Å². The molecule has 0 aliphatic heterocycles. The summed E-state index contributed by atoms with van der Waals surface area (Å²) in [5.74, 6) is -1.36. The Morgan fingerprint density at radius 3 is 2.62 bits per heavy atom. The second-order valence-electron chi connectivity index (χ2n) is 4.85. The number of hydrogen-bond donors (Lipinski definition) is 4. The third kappa shape index (κ3) is 2.90. The van der Waals surface area contributed by atoms with Crippen molar-refractivity contribution < 1.29 is 15.0 Å². The molecule has 0 saturated heterocycles. The molecular formula is C15H12N6O3. The van der Waals surface area contributed by atoms with Crippen LogP contribution in [0.1, 0.15) is 21.6 Å². The molecule has 0 aliphatic rings. The van der Waals surface area contributed by atoms with Crippen LogP contribution in [-0.2, 0) is 0 Å². The zero-order valence-corrected chi connectivity index (χ0v) is 12.2. The summed E-state index contributed by atoms with van der Waals surface area (Å²) < 4.78 is 0. The number of hydrogen-bond acceptors (Lipinski definition) is 8. The van der Waals surface area contributed by atoms with Gasteiger partial charge in [0.05, 0.1) is 11.9 Å². The van der Waals surface area contributed by atoms with Crippen molar-refractivity contribution in [2.45, 2.75) is 0 Å². The molecule has 6 N–H and O–H groups in total. The topological polar surface area (TPSA) is 161 Å². The average Bonchev–Trinajstić information content (AvgIpc) is 2.52. The summed E-state index contributed by atoms with van der Waals surface area (Å²) in [4.78, 5) is 27.0. The van der Waals surface area contributed by atoms with Gasteiger partial charge in [-0.1, -0.05) is 12.1 Å². The van der Waals surface area contributed by atoms with Gasteiger partial charge in [0.2, 0.25) is 5.95 Å². The van der Waals surface area contributed by atoms with E-state index in [-0.39, 0.29) is 23.1 Å². The molecule has 0 aliphatic carbocycles. The Hall–Kier alpha value is -3.75. The maximum absolute atomic E-state index is 10.9. The molecule has 0 atom stereocenters. The SMILES string of the molecule is Nc1nc(N)c2nc(C=Cc3ccc(C(=O)O)c(O)c3)cnc2n1. The molecule has 2 aromatic heterocycles. The Balaban J connectivity index is 1.93. The van der Waals surface area contributed by atoms with Gasteiger partial charge >= 0.3 is 5.97 Å². The van der Waals surface area contributed by atoms with E-state index in [9.17, 15) is 9.90 Å². The molecular weight excluding hydrogens is 312 g/mol. The largest absolute Gasteiger partial charge is 0.507 e. The van der Waals surface area contributed by atoms with Crippen molar-refractivity contribution in [1.82, 2.24) is 19.9 Å². The summed E-state index contributed by atoms with van der Waals surface area (Å²) in [6, 6.07) is 4.22. The van der Waals surface area contributed by atoms with Crippen LogP contribution in [0.2, 0.25) is 0 Å². The van der Waals surface area contributed by atoms with Gasteiger partial charge in [-0.3, -0.25) is 0 Å². The average molecular weight is 324 g/mol. The van der Waals surface area contributed by atoms with Crippen LogP contribution in [0.25, 0.3) is 23.3 Å². The van der Waals surface area contributed by atoms with Crippen molar-refractivity contribution in [3.63, 3.8) is 0 Å². The van der Waals surface area contributed by atoms with Crippen LogP contribution < -0.4 is 11.5 Å². The van der Waals surface area contributed by atoms with Gasteiger partial charge in [0.25, 0.3) is 0 Å². The molecule has 0 fully saturated rings. The number of carboxylic acids is 1. The third-order valence-electron chi connectivity index (χ3n) is 3.17. The van der Waals surface area contributed by atoms with E-state index in [0.29, 0.717) is 22.4 Å². The minimum absolute atomic E-state index is 0.0200. The molecule has 0 unspecified atom stereocenters. The van der Waals surface area contributed by atoms with Crippen molar-refractivity contribution in [3.05, 3.63) is 41.2 Å². The van der Waals surface area contributed by atoms with Gasteiger partial charge in [-0.05, 0) is 23.8 Å². The minimum Gasteiger partial charge on any atom is -0.507 e. The lowest BCUT2D eigenvalue weighted by molar-refractivity contribution is 0.0693. The van der Waals surface area contributed by atoms with E-state index in [1.165, 1.54) is 18.3 Å². The fourth-order valence-electron chi connectivity index (χ4n) is 2.05. The molecule has 3 rings (SSSR count). The Morgan fingerprint density at radius 1 is 1.12 bits per heavy atom. The van der Waals surface area contributed by atoms with Crippen molar-refractivity contribution in [2.75, 3.05) is 11.5 Å². The number of carboxylic acid groups (broad SMARTS) is 1. The van der Waals surface area contributed by atoms with Crippen LogP contribution in [0.5, 0.6) is 5.75 Å². The summed E-state index contributed by atoms with van der Waals surface area (Å²) in [7, 11) is 0. The molecule has 3 aromatic rings. The molecule has 0 spiro atoms. The number of rotatable bonds is 3. The highest BCUT2D eigenvalue weighted by atomic mass is 16.4. The quantitative estimate of drug-likeness (QED) is 0.553. The number of carbonyl (C=O) groups is 1. The molecule has 0 amide bonds. The number of fused-ring (bicyclic) bond motifs is 1. The summed E-state index contributed by atoms with van der Waals surface area (Å²) in [5.41, 5.74) is 12.8. The normalized spacial score (nSPS) is 11.2. The Morgan fingerprint density at radius 2 is 1.92 bits per heavy atom. The number of benzene rings is 1. The lowest BCUT2D eigenvalue weighted by Crippen LogP contribution is -2.03. The first-order chi connectivity index (χ1) is 11.4. The summed E-state index contributed by atoms with van der Waals surface area (Å²) in [5, 5.41) is 18.6. The standard InChI is InChI=1S/C15H12N6O3/c16-12-11-13(21-15(17)20-12)18-6-8(19-11)3-1-7-2-4-9(14(23)24)10(22)5-7/h1-6,22H,(H,23,24)(H4,16,17,18,20,21). The van der Waals surface area contributed by atoms with E-state index >= 15 is 0 Å². The van der Waals surface area contributed by atoms with E-state index in [2.05, 4.69) is 19.9 Å². The van der Waals surface area contributed by atoms with Gasteiger partial charge in [-0.15, -0.1) is 0 Å². The van der Waals surface area contributed by atoms with E-state index in [0.717, 1.165) is 0 Å². The molecule has 120 valence electrons. The predicted octanol–water partition coefficient (Wildman–Crippen LogP) is 1.16. The smallest absolute Gasteiger partial charge is 0.339 e. The van der Waals surface area contributed by atoms with Gasteiger partial charge < -0.3 is 21.7 Å². The van der Waals surface area contributed by atoms with E-state index in [1.54, 1.807) is 18.2 Å². The van der Waals surface area contributed by atoms with Crippen LogP contribution in [-0.4, -0.2) is 36.1 Å². The number of phenols is 1. The highest BCUT2D eigenvalue weighted by Crippen LogP contribution is 2.20. The van der Waals surface area contributed by atoms with Crippen LogP contribution in [0.3, 0.4) is 0 Å². The predicted molar refractivity (Wildman–Crippen MR) is 87.9 cm³/mol. The van der Waals surface area contributed by atoms with Gasteiger partial charge in [0, 0.05) is 0 Å². The first kappa shape index (κ1) is 15.2. The Kier molecular flexibility index (Phi) is 3.66. The molecule has 1 aromatic carbocycles. The molecule has 0 radical (unpaired) electrons. The highest BCUT2D eigenvalue weighted by molar-refractivity contribution is 5.91. The zero-order chi connectivity index (χ0) is 17.3. The molecule has 9 heteroatoms. The van der Waals surface area contributed by atoms with E-state index in [4.69, 9.17) is 16.6 Å². The lowest BCUT2D eigenvalue weighted by atomic mass is 10.1. The summed E-state index contributed by atoms with van der Waals surface area (Å²) in [6.07, 6.45) is 4.77. The number of nitrogen functional groups attached to an aromatic ring is 2. The molecule has 24 heavy (non-hydrogen) atoms. The Labute approximate surface area is 135 Å². The number of aromatic hydroxyl groups is 1. The van der Waals surface area contributed by atoms with Crippen LogP contribution in [0, 0.1) is 0 Å². The molecule has 9 nitrogen and oxygen atoms in total. The second-order valence-corrected chi connectivity index (χ2v) is 4.85. The highest BCUT2D eigenvalue weighted by Gasteiger charge is 2.09. The number of aromatic carboxylic acids is 1. The maximum atomic E-state index is 10.9. The second kappa shape index (κ2) is 5.80. The monoisotopic (exact) mass is 324 g/mol. The fraction of sp³-hybridized carbons (Fsp3) is 0. The minimum atomic E-state index is -1.20. The number of nitrogens with two attached hydrogens (primary N) is 2. The molecule has 2 heterocycles. The lowest BCUT2D eigenvalue weighted by Gasteiger charge is -2.02. The van der Waals surface area contributed by atoms with Crippen LogP contribution in [0.4, 0.5) is 11.8 Å². The van der Waals surface area contributed by atoms with Crippen molar-refractivity contribution in [2.24, 2.45) is 0 Å². The van der Waals surface area contributed by atoms with Gasteiger partial charge in [0.1, 0.15) is 11.3 Å². The first-order valence-corrected chi connectivity index (χ1v) is 6.74. The van der Waals surface area contributed by atoms with Gasteiger partial charge in [0.15, 0.2) is 17.0 Å². The van der Waals surface area contributed by atoms with E-state index in [1.807, 2.05) is 0 Å². The maximum Gasteiger partial charge on any atom is 0.339 e. The van der Waals surface area contributed by atoms with Crippen molar-refractivity contribution in [1.29, 1.82) is 0 Å². The van der Waals surface area contributed by atoms with Gasteiger partial charge in [-0.25, -0.2) is 14.8 Å². The first-order valence-electron chi connectivity index (χ1n) is 6.74. The number of nitrogens with zero attached hydrogens (tertiary/aromatic N) is 4. The van der Waals surface area contributed by atoms with Crippen LogP contribution >= 0.6 is 0 Å². The summed E-state index contributed by atoms with van der Waals surface area (Å²) >= 11 is 0. The van der Waals surface area contributed by atoms with Crippen LogP contribution in [0.15, 0.2) is 24.4 Å². The number of aromatic nitrogens is 4. The molecule has 0 bridgehead atoms. The van der Waals surface area contributed by atoms with Gasteiger partial charge in [-0.2, -0.15) is 9.97 Å². The zero-order valence-electron chi connectivity index (χ0n) is 12.2. The Bertz CT molecular complexity index is 986. The number of anilines is 2. The third-order valence-corrected chi connectivity index (χ3v) is 3.17. The fourth-order valence-corrected chi connectivity index (χ4v) is 2.05. The van der Waals surface area contributed by atoms with Crippen molar-refractivity contribution in [3.8, 4) is 5.75 Å².